The van der Waals surface area contributed by atoms with E-state index in [0.717, 1.165) is 6.07 Å². The van der Waals surface area contributed by atoms with Crippen molar-refractivity contribution in [2.75, 3.05) is 0 Å². The molecule has 0 saturated carbocycles. The van der Waals surface area contributed by atoms with E-state index in [9.17, 15) is 18.4 Å². The summed E-state index contributed by atoms with van der Waals surface area (Å²) in [5.41, 5.74) is 0.699. The largest absolute Gasteiger partial charge is 0.481 e. The predicted molar refractivity (Wildman–Crippen MR) is 54.5 cm³/mol. The van der Waals surface area contributed by atoms with Gasteiger partial charge in [-0.3, -0.25) is 9.59 Å². The fourth-order valence-corrected chi connectivity index (χ4v) is 1.46. The Bertz CT molecular complexity index is 443. The summed E-state index contributed by atoms with van der Waals surface area (Å²) in [4.78, 5) is 21.2. The monoisotopic (exact) mass is 244 g/mol. The van der Waals surface area contributed by atoms with Crippen LogP contribution in [-0.2, 0) is 11.2 Å². The number of carbonyl (C=O) groups is 2. The Labute approximate surface area is 95.8 Å². The standard InChI is InChI=1S/C11H10F2O4/c1-6-2-7(4-10(15)16)3-9(8(6)5-14)17-11(12)13/h2-3,5,11H,4H2,1H3,(H,15,16). The van der Waals surface area contributed by atoms with Crippen molar-refractivity contribution in [1.29, 1.82) is 0 Å². The van der Waals surface area contributed by atoms with Crippen molar-refractivity contribution in [3.05, 3.63) is 28.8 Å². The Morgan fingerprint density at radius 2 is 2.18 bits per heavy atom. The van der Waals surface area contributed by atoms with Crippen LogP contribution in [0.5, 0.6) is 5.75 Å². The van der Waals surface area contributed by atoms with E-state index in [-0.39, 0.29) is 17.7 Å². The lowest BCUT2D eigenvalue weighted by molar-refractivity contribution is -0.136. The summed E-state index contributed by atoms with van der Waals surface area (Å²) in [6.07, 6.45) is 0.0805. The molecule has 0 bridgehead atoms. The fourth-order valence-electron chi connectivity index (χ4n) is 1.46. The number of aldehydes is 1. The number of hydrogen-bond donors (Lipinski definition) is 1. The van der Waals surface area contributed by atoms with Crippen LogP contribution in [0, 0.1) is 6.92 Å². The Morgan fingerprint density at radius 3 is 2.65 bits per heavy atom. The summed E-state index contributed by atoms with van der Waals surface area (Å²) in [5.74, 6) is -1.39. The SMILES string of the molecule is Cc1cc(CC(=O)O)cc(OC(F)F)c1C=O. The van der Waals surface area contributed by atoms with Gasteiger partial charge >= 0.3 is 12.6 Å². The summed E-state index contributed by atoms with van der Waals surface area (Å²) < 4.78 is 28.4. The van der Waals surface area contributed by atoms with E-state index in [1.54, 1.807) is 0 Å². The molecule has 4 nitrogen and oxygen atoms in total. The normalized spacial score (nSPS) is 10.4. The molecule has 17 heavy (non-hydrogen) atoms. The minimum absolute atomic E-state index is 0.000520. The van der Waals surface area contributed by atoms with Gasteiger partial charge in [0.15, 0.2) is 6.29 Å². The highest BCUT2D eigenvalue weighted by Crippen LogP contribution is 2.25. The zero-order valence-corrected chi connectivity index (χ0v) is 8.94. The number of alkyl halides is 2. The van der Waals surface area contributed by atoms with Crippen LogP contribution < -0.4 is 4.74 Å². The predicted octanol–water partition coefficient (Wildman–Crippen LogP) is 2.04. The van der Waals surface area contributed by atoms with Crippen molar-refractivity contribution in [3.8, 4) is 5.75 Å². The molecule has 0 spiro atoms. The lowest BCUT2D eigenvalue weighted by Crippen LogP contribution is -2.07. The minimum atomic E-state index is -3.06. The van der Waals surface area contributed by atoms with Gasteiger partial charge in [-0.2, -0.15) is 8.78 Å². The van der Waals surface area contributed by atoms with Crippen LogP contribution in [0.15, 0.2) is 12.1 Å². The Hall–Kier alpha value is -1.98. The number of rotatable bonds is 5. The molecule has 1 N–H and O–H groups in total. The summed E-state index contributed by atoms with van der Waals surface area (Å²) in [5, 5.41) is 8.60. The lowest BCUT2D eigenvalue weighted by atomic mass is 10.0. The van der Waals surface area contributed by atoms with E-state index in [2.05, 4.69) is 4.74 Å². The average molecular weight is 244 g/mol. The van der Waals surface area contributed by atoms with Gasteiger partial charge < -0.3 is 9.84 Å². The maximum absolute atomic E-state index is 12.1. The van der Waals surface area contributed by atoms with Crippen molar-refractivity contribution in [2.24, 2.45) is 0 Å². The number of carboxylic acids is 1. The van der Waals surface area contributed by atoms with Crippen molar-refractivity contribution >= 4 is 12.3 Å². The highest BCUT2D eigenvalue weighted by atomic mass is 19.3. The van der Waals surface area contributed by atoms with Crippen LogP contribution in [0.25, 0.3) is 0 Å². The molecule has 0 aromatic heterocycles. The van der Waals surface area contributed by atoms with Gasteiger partial charge in [-0.25, -0.2) is 0 Å². The molecule has 0 aliphatic heterocycles. The number of benzene rings is 1. The second kappa shape index (κ2) is 5.38. The smallest absolute Gasteiger partial charge is 0.387 e. The molecule has 0 unspecified atom stereocenters. The number of ether oxygens (including phenoxy) is 1. The van der Waals surface area contributed by atoms with Crippen LogP contribution in [0.1, 0.15) is 21.5 Å². The zero-order chi connectivity index (χ0) is 13.0. The van der Waals surface area contributed by atoms with Crippen molar-refractivity contribution in [1.82, 2.24) is 0 Å². The Morgan fingerprint density at radius 1 is 1.53 bits per heavy atom. The summed E-state index contributed by atoms with van der Waals surface area (Å²) in [7, 11) is 0. The highest BCUT2D eigenvalue weighted by Gasteiger charge is 2.14. The first-order valence-corrected chi connectivity index (χ1v) is 4.69. The van der Waals surface area contributed by atoms with Crippen LogP contribution in [0.4, 0.5) is 8.78 Å². The molecule has 1 rings (SSSR count). The van der Waals surface area contributed by atoms with Gasteiger partial charge in [0.25, 0.3) is 0 Å². The highest BCUT2D eigenvalue weighted by molar-refractivity contribution is 5.82. The van der Waals surface area contributed by atoms with Crippen molar-refractivity contribution in [3.63, 3.8) is 0 Å². The molecular weight excluding hydrogens is 234 g/mol. The van der Waals surface area contributed by atoms with E-state index in [4.69, 9.17) is 5.11 Å². The molecule has 0 radical (unpaired) electrons. The molecule has 0 atom stereocenters. The van der Waals surface area contributed by atoms with E-state index in [1.807, 2.05) is 0 Å². The van der Waals surface area contributed by atoms with Gasteiger partial charge in [-0.15, -0.1) is 0 Å². The van der Waals surface area contributed by atoms with Crippen LogP contribution in [-0.4, -0.2) is 24.0 Å². The molecule has 0 saturated heterocycles. The quantitative estimate of drug-likeness (QED) is 0.805. The first kappa shape index (κ1) is 13.1. The third-order valence-electron chi connectivity index (χ3n) is 2.10. The van der Waals surface area contributed by atoms with Crippen LogP contribution in [0.3, 0.4) is 0 Å². The fraction of sp³-hybridized carbons (Fsp3) is 0.273. The number of aryl methyl sites for hydroxylation is 1. The number of aliphatic carboxylic acids is 1. The number of hydrogen-bond acceptors (Lipinski definition) is 3. The van der Waals surface area contributed by atoms with Gasteiger partial charge in [0.2, 0.25) is 0 Å². The molecule has 0 heterocycles. The van der Waals surface area contributed by atoms with Crippen molar-refractivity contribution < 1.29 is 28.2 Å². The van der Waals surface area contributed by atoms with Gasteiger partial charge in [0.05, 0.1) is 12.0 Å². The van der Waals surface area contributed by atoms with Gasteiger partial charge in [-0.1, -0.05) is 6.07 Å². The molecule has 0 fully saturated rings. The summed E-state index contributed by atoms with van der Waals surface area (Å²) in [6, 6.07) is 2.59. The second-order valence-electron chi connectivity index (χ2n) is 3.39. The van der Waals surface area contributed by atoms with Gasteiger partial charge in [0.1, 0.15) is 5.75 Å². The molecule has 1 aromatic rings. The Balaban J connectivity index is 3.18. The topological polar surface area (TPSA) is 63.6 Å². The third-order valence-corrected chi connectivity index (χ3v) is 2.10. The molecule has 0 aliphatic carbocycles. The molecule has 0 aliphatic rings. The van der Waals surface area contributed by atoms with Crippen LogP contribution >= 0.6 is 0 Å². The lowest BCUT2D eigenvalue weighted by Gasteiger charge is -2.11. The molecule has 92 valence electrons. The maximum Gasteiger partial charge on any atom is 0.387 e. The first-order chi connectivity index (χ1) is 7.93. The third kappa shape index (κ3) is 3.51. The van der Waals surface area contributed by atoms with E-state index in [1.165, 1.54) is 13.0 Å². The summed E-state index contributed by atoms with van der Waals surface area (Å²) in [6.45, 7) is -1.54. The molecule has 6 heteroatoms. The number of carbonyl (C=O) groups excluding carboxylic acids is 1. The van der Waals surface area contributed by atoms with E-state index >= 15 is 0 Å². The van der Waals surface area contributed by atoms with E-state index in [0.29, 0.717) is 17.4 Å². The van der Waals surface area contributed by atoms with Gasteiger partial charge in [-0.05, 0) is 24.1 Å². The second-order valence-corrected chi connectivity index (χ2v) is 3.39. The summed E-state index contributed by atoms with van der Waals surface area (Å²) >= 11 is 0. The number of carboxylic acid groups (broad SMARTS) is 1. The maximum atomic E-state index is 12.1. The van der Waals surface area contributed by atoms with Crippen LogP contribution in [0.2, 0.25) is 0 Å². The van der Waals surface area contributed by atoms with Crippen molar-refractivity contribution in [2.45, 2.75) is 20.0 Å². The van der Waals surface area contributed by atoms with Gasteiger partial charge in [0, 0.05) is 0 Å². The Kier molecular flexibility index (Phi) is 4.14. The molecule has 1 aromatic carbocycles. The minimum Gasteiger partial charge on any atom is -0.481 e. The molecular formula is C11H10F2O4. The number of halogens is 2. The average Bonchev–Trinajstić information content (AvgIpc) is 2.14. The zero-order valence-electron chi connectivity index (χ0n) is 8.94. The molecule has 0 amide bonds. The first-order valence-electron chi connectivity index (χ1n) is 4.69. The van der Waals surface area contributed by atoms with E-state index < -0.39 is 12.6 Å².